The molecular weight excluding hydrogens is 380 g/mol. The number of carbonyl (C=O) groups excluding carboxylic acids is 2. The highest BCUT2D eigenvalue weighted by molar-refractivity contribution is 5.92. The van der Waals surface area contributed by atoms with Gasteiger partial charge in [-0.05, 0) is 78.9 Å². The number of ketones is 2. The lowest BCUT2D eigenvalue weighted by Gasteiger charge is -2.58. The maximum absolute atomic E-state index is 13.5. The third kappa shape index (κ3) is 3.09. The van der Waals surface area contributed by atoms with E-state index < -0.39 is 0 Å². The van der Waals surface area contributed by atoms with Crippen molar-refractivity contribution in [3.63, 3.8) is 0 Å². The molecule has 0 unspecified atom stereocenters. The third-order valence-corrected chi connectivity index (χ3v) is 11.1. The Kier molecular flexibility index (Phi) is 5.15. The molecule has 0 amide bonds. The molecule has 0 bridgehead atoms. The topological polar surface area (TPSA) is 34.1 Å². The normalized spacial score (nSPS) is 44.0. The summed E-state index contributed by atoms with van der Waals surface area (Å²) in [5.41, 5.74) is 1.78. The van der Waals surface area contributed by atoms with E-state index in [1.165, 1.54) is 37.7 Å². The standard InChI is InChI=1S/C29H44O2/c1-18(2)7-6-8-19(3)22-17-23(30)26-20-9-10-24-27(4,21(20)11-13-28(22,26)5)14-12-25(31)29(24)15-16-29/h10,18-22,26H,6-9,11-17H2,1-5H3/t19-,20-,21+,22-,26-,27-,28-/m1/s1. The van der Waals surface area contributed by atoms with Gasteiger partial charge in [0.15, 0.2) is 0 Å². The number of rotatable bonds is 5. The Morgan fingerprint density at radius 2 is 1.77 bits per heavy atom. The van der Waals surface area contributed by atoms with Crippen LogP contribution in [0.3, 0.4) is 0 Å². The molecule has 0 radical (unpaired) electrons. The van der Waals surface area contributed by atoms with Crippen molar-refractivity contribution in [3.05, 3.63) is 11.6 Å². The minimum absolute atomic E-state index is 0.0775. The van der Waals surface area contributed by atoms with Crippen LogP contribution in [0.5, 0.6) is 0 Å². The van der Waals surface area contributed by atoms with Crippen LogP contribution in [0.15, 0.2) is 11.6 Å². The first-order valence-electron chi connectivity index (χ1n) is 13.4. The molecule has 2 heteroatoms. The SMILES string of the molecule is CC(C)CCC[C@@H](C)[C@H]1CC(=O)[C@H]2[C@@H]3CC=C4C5(CC5)C(=O)CC[C@]4(C)[C@H]3CC[C@]12C. The Labute approximate surface area is 190 Å². The summed E-state index contributed by atoms with van der Waals surface area (Å²) in [6.45, 7) is 12.0. The number of hydrogen-bond donors (Lipinski definition) is 0. The first kappa shape index (κ1) is 21.9. The quantitative estimate of drug-likeness (QED) is 0.439. The van der Waals surface area contributed by atoms with E-state index in [0.717, 1.165) is 44.4 Å². The largest absolute Gasteiger partial charge is 0.299 e. The fourth-order valence-corrected chi connectivity index (χ4v) is 9.33. The van der Waals surface area contributed by atoms with Gasteiger partial charge in [-0.2, -0.15) is 0 Å². The predicted molar refractivity (Wildman–Crippen MR) is 125 cm³/mol. The zero-order valence-electron chi connectivity index (χ0n) is 20.6. The summed E-state index contributed by atoms with van der Waals surface area (Å²) in [5, 5.41) is 0. The zero-order valence-corrected chi connectivity index (χ0v) is 20.6. The highest BCUT2D eigenvalue weighted by atomic mass is 16.1. The van der Waals surface area contributed by atoms with Gasteiger partial charge >= 0.3 is 0 Å². The van der Waals surface area contributed by atoms with Crippen LogP contribution in [-0.4, -0.2) is 11.6 Å². The smallest absolute Gasteiger partial charge is 0.143 e. The minimum atomic E-state index is -0.0775. The monoisotopic (exact) mass is 424 g/mol. The Morgan fingerprint density at radius 3 is 2.45 bits per heavy atom. The lowest BCUT2D eigenvalue weighted by atomic mass is 9.45. The Morgan fingerprint density at radius 1 is 1.03 bits per heavy atom. The van der Waals surface area contributed by atoms with Crippen LogP contribution < -0.4 is 0 Å². The second-order valence-electron chi connectivity index (χ2n) is 13.1. The van der Waals surface area contributed by atoms with Gasteiger partial charge in [-0.1, -0.05) is 65.5 Å². The highest BCUT2D eigenvalue weighted by Crippen LogP contribution is 2.71. The van der Waals surface area contributed by atoms with Crippen LogP contribution in [0.25, 0.3) is 0 Å². The molecule has 1 spiro atoms. The summed E-state index contributed by atoms with van der Waals surface area (Å²) >= 11 is 0. The van der Waals surface area contributed by atoms with Crippen LogP contribution in [0, 0.1) is 51.8 Å². The highest BCUT2D eigenvalue weighted by Gasteiger charge is 2.66. The van der Waals surface area contributed by atoms with Crippen molar-refractivity contribution in [3.8, 4) is 0 Å². The maximum Gasteiger partial charge on any atom is 0.143 e. The molecule has 0 saturated heterocycles. The molecule has 172 valence electrons. The minimum Gasteiger partial charge on any atom is -0.299 e. The molecule has 0 N–H and O–H groups in total. The lowest BCUT2D eigenvalue weighted by Crippen LogP contribution is -2.53. The van der Waals surface area contributed by atoms with Crippen LogP contribution in [0.2, 0.25) is 0 Å². The van der Waals surface area contributed by atoms with E-state index >= 15 is 0 Å². The van der Waals surface area contributed by atoms with E-state index in [9.17, 15) is 9.59 Å². The zero-order chi connectivity index (χ0) is 22.2. The van der Waals surface area contributed by atoms with Gasteiger partial charge < -0.3 is 0 Å². The van der Waals surface area contributed by atoms with E-state index in [-0.39, 0.29) is 22.2 Å². The first-order chi connectivity index (χ1) is 14.6. The molecule has 5 rings (SSSR count). The summed E-state index contributed by atoms with van der Waals surface area (Å²) in [6, 6.07) is 0. The number of Topliss-reactive ketones (excluding diaryl/α,β-unsaturated/α-hetero) is 2. The summed E-state index contributed by atoms with van der Waals surface area (Å²) < 4.78 is 0. The van der Waals surface area contributed by atoms with Gasteiger partial charge in [0.1, 0.15) is 11.6 Å². The maximum atomic E-state index is 13.5. The van der Waals surface area contributed by atoms with Crippen molar-refractivity contribution in [2.24, 2.45) is 51.8 Å². The second-order valence-corrected chi connectivity index (χ2v) is 13.1. The molecule has 0 aromatic rings. The van der Waals surface area contributed by atoms with Gasteiger partial charge in [0.05, 0.1) is 5.41 Å². The Balaban J connectivity index is 1.40. The van der Waals surface area contributed by atoms with Gasteiger partial charge in [-0.3, -0.25) is 9.59 Å². The summed E-state index contributed by atoms with van der Waals surface area (Å²) in [7, 11) is 0. The molecule has 0 aliphatic heterocycles. The van der Waals surface area contributed by atoms with Crippen LogP contribution in [0.1, 0.15) is 105 Å². The van der Waals surface area contributed by atoms with Crippen LogP contribution in [0.4, 0.5) is 0 Å². The molecule has 31 heavy (non-hydrogen) atoms. The van der Waals surface area contributed by atoms with Crippen LogP contribution >= 0.6 is 0 Å². The van der Waals surface area contributed by atoms with Gasteiger partial charge in [-0.25, -0.2) is 0 Å². The lowest BCUT2D eigenvalue weighted by molar-refractivity contribution is -0.134. The van der Waals surface area contributed by atoms with E-state index in [1.807, 2.05) is 0 Å². The molecule has 4 fully saturated rings. The Bertz CT molecular complexity index is 802. The molecule has 0 aromatic carbocycles. The van der Waals surface area contributed by atoms with E-state index in [4.69, 9.17) is 0 Å². The molecule has 7 atom stereocenters. The average Bonchev–Trinajstić information content (AvgIpc) is 3.44. The van der Waals surface area contributed by atoms with Gasteiger partial charge in [0.2, 0.25) is 0 Å². The third-order valence-electron chi connectivity index (χ3n) is 11.1. The molecular formula is C29H44O2. The molecule has 5 aliphatic rings. The molecule has 4 saturated carbocycles. The van der Waals surface area contributed by atoms with E-state index in [0.29, 0.717) is 35.2 Å². The summed E-state index contributed by atoms with van der Waals surface area (Å²) in [4.78, 5) is 26.3. The second kappa shape index (κ2) is 7.29. The van der Waals surface area contributed by atoms with Crippen molar-refractivity contribution in [2.45, 2.75) is 105 Å². The predicted octanol–water partition coefficient (Wildman–Crippen LogP) is 7.17. The first-order valence-corrected chi connectivity index (χ1v) is 13.4. The van der Waals surface area contributed by atoms with Crippen molar-refractivity contribution in [1.82, 2.24) is 0 Å². The van der Waals surface area contributed by atoms with Gasteiger partial charge in [-0.15, -0.1) is 0 Å². The molecule has 0 heterocycles. The van der Waals surface area contributed by atoms with Crippen molar-refractivity contribution in [2.75, 3.05) is 0 Å². The van der Waals surface area contributed by atoms with Gasteiger partial charge in [0.25, 0.3) is 0 Å². The van der Waals surface area contributed by atoms with Crippen molar-refractivity contribution in [1.29, 1.82) is 0 Å². The number of fused-ring (bicyclic) bond motifs is 6. The van der Waals surface area contributed by atoms with E-state index in [2.05, 4.69) is 40.7 Å². The number of carbonyl (C=O) groups is 2. The van der Waals surface area contributed by atoms with Crippen molar-refractivity contribution < 1.29 is 9.59 Å². The van der Waals surface area contributed by atoms with Crippen LogP contribution in [-0.2, 0) is 9.59 Å². The van der Waals surface area contributed by atoms with Gasteiger partial charge in [0, 0.05) is 18.8 Å². The molecule has 5 aliphatic carbocycles. The fraction of sp³-hybridized carbons (Fsp3) is 0.862. The Hall–Kier alpha value is -0.920. The fourth-order valence-electron chi connectivity index (χ4n) is 9.33. The number of hydrogen-bond acceptors (Lipinski definition) is 2. The summed E-state index contributed by atoms with van der Waals surface area (Å²) in [5.74, 6) is 4.46. The number of allylic oxidation sites excluding steroid dienone is 2. The van der Waals surface area contributed by atoms with Crippen molar-refractivity contribution >= 4 is 11.6 Å². The summed E-state index contributed by atoms with van der Waals surface area (Å²) in [6.07, 6.45) is 14.7. The molecule has 0 aromatic heterocycles. The average molecular weight is 425 g/mol. The van der Waals surface area contributed by atoms with E-state index in [1.54, 1.807) is 0 Å². The molecule has 2 nitrogen and oxygen atoms in total.